The second-order valence-electron chi connectivity index (χ2n) is 6.62. The van der Waals surface area contributed by atoms with Crippen molar-refractivity contribution in [1.29, 1.82) is 0 Å². The Bertz CT molecular complexity index is 779. The van der Waals surface area contributed by atoms with E-state index in [9.17, 15) is 9.59 Å². The summed E-state index contributed by atoms with van der Waals surface area (Å²) >= 11 is 0. The third-order valence-electron chi connectivity index (χ3n) is 4.86. The van der Waals surface area contributed by atoms with E-state index in [1.54, 1.807) is 11.9 Å². The summed E-state index contributed by atoms with van der Waals surface area (Å²) in [6.45, 7) is 3.55. The minimum Gasteiger partial charge on any atom is -0.357 e. The topological polar surface area (TPSA) is 78.4 Å². The van der Waals surface area contributed by atoms with Gasteiger partial charge in [0.25, 0.3) is 5.91 Å². The van der Waals surface area contributed by atoms with E-state index in [0.717, 1.165) is 12.0 Å². The van der Waals surface area contributed by atoms with Gasteiger partial charge in [0, 0.05) is 51.5 Å². The maximum absolute atomic E-state index is 12.9. The van der Waals surface area contributed by atoms with Crippen LogP contribution in [-0.4, -0.2) is 57.8 Å². The van der Waals surface area contributed by atoms with Gasteiger partial charge in [0.15, 0.2) is 0 Å². The molecule has 1 aliphatic heterocycles. The van der Waals surface area contributed by atoms with Gasteiger partial charge in [-0.1, -0.05) is 37.3 Å². The van der Waals surface area contributed by atoms with Crippen molar-refractivity contribution in [3.05, 3.63) is 53.9 Å². The molecule has 2 heterocycles. The van der Waals surface area contributed by atoms with Gasteiger partial charge in [0.05, 0.1) is 5.56 Å². The largest absolute Gasteiger partial charge is 0.357 e. The Labute approximate surface area is 159 Å². The molecule has 27 heavy (non-hydrogen) atoms. The normalized spacial score (nSPS) is 17.6. The van der Waals surface area contributed by atoms with Crippen LogP contribution in [-0.2, 0) is 11.3 Å². The Morgan fingerprint density at radius 2 is 1.93 bits per heavy atom. The van der Waals surface area contributed by atoms with E-state index in [1.807, 2.05) is 35.2 Å². The first-order valence-electron chi connectivity index (χ1n) is 9.24. The van der Waals surface area contributed by atoms with E-state index >= 15 is 0 Å². The molecule has 0 saturated carbocycles. The van der Waals surface area contributed by atoms with Crippen LogP contribution in [0.3, 0.4) is 0 Å². The van der Waals surface area contributed by atoms with Crippen LogP contribution >= 0.6 is 0 Å². The first-order chi connectivity index (χ1) is 13.1. The summed E-state index contributed by atoms with van der Waals surface area (Å²) in [6, 6.07) is 9.95. The lowest BCUT2D eigenvalue weighted by atomic mass is 10.1. The molecule has 1 atom stereocenters. The van der Waals surface area contributed by atoms with Crippen molar-refractivity contribution in [2.45, 2.75) is 32.4 Å². The summed E-state index contributed by atoms with van der Waals surface area (Å²) in [5, 5.41) is 2.84. The van der Waals surface area contributed by atoms with E-state index in [1.165, 1.54) is 12.4 Å². The van der Waals surface area contributed by atoms with E-state index in [0.29, 0.717) is 37.6 Å². The minimum absolute atomic E-state index is 0.0124. The van der Waals surface area contributed by atoms with Crippen LogP contribution < -0.4 is 5.32 Å². The Balaban J connectivity index is 1.76. The van der Waals surface area contributed by atoms with Gasteiger partial charge >= 0.3 is 0 Å². The van der Waals surface area contributed by atoms with Crippen LogP contribution in [0.15, 0.2) is 42.7 Å². The standard InChI is InChI=1S/C20H25N5O2/c1-3-17-14-24(19(27)16-11-22-20(21-2)23-12-16)10-9-18(26)25(17)13-15-7-5-4-6-8-15/h4-8,11-12,17H,3,9-10,13-14H2,1-2H3,(H,21,22,23)/t17-/m0/s1. The number of nitrogens with one attached hydrogen (secondary N) is 1. The monoisotopic (exact) mass is 367 g/mol. The predicted molar refractivity (Wildman–Crippen MR) is 103 cm³/mol. The number of hydrogen-bond donors (Lipinski definition) is 1. The molecule has 2 amide bonds. The fraction of sp³-hybridized carbons (Fsp3) is 0.400. The van der Waals surface area contributed by atoms with Crippen molar-refractivity contribution in [3.63, 3.8) is 0 Å². The van der Waals surface area contributed by atoms with Gasteiger partial charge in [0.1, 0.15) is 0 Å². The summed E-state index contributed by atoms with van der Waals surface area (Å²) in [6.07, 6.45) is 4.16. The molecule has 2 aromatic rings. The molecule has 1 aliphatic rings. The molecule has 142 valence electrons. The quantitative estimate of drug-likeness (QED) is 0.876. The molecule has 0 aliphatic carbocycles. The fourth-order valence-electron chi connectivity index (χ4n) is 3.30. The molecule has 0 spiro atoms. The SMILES string of the molecule is CC[C@H]1CN(C(=O)c2cnc(NC)nc2)CCC(=O)N1Cc1ccccc1. The molecule has 1 saturated heterocycles. The Kier molecular flexibility index (Phi) is 6.01. The lowest BCUT2D eigenvalue weighted by Gasteiger charge is -2.31. The van der Waals surface area contributed by atoms with Gasteiger partial charge < -0.3 is 15.1 Å². The van der Waals surface area contributed by atoms with Crippen molar-refractivity contribution in [1.82, 2.24) is 19.8 Å². The highest BCUT2D eigenvalue weighted by molar-refractivity contribution is 5.94. The number of carbonyl (C=O) groups is 2. The Morgan fingerprint density at radius 3 is 2.56 bits per heavy atom. The van der Waals surface area contributed by atoms with E-state index in [2.05, 4.69) is 22.2 Å². The number of rotatable bonds is 5. The van der Waals surface area contributed by atoms with E-state index in [4.69, 9.17) is 0 Å². The summed E-state index contributed by atoms with van der Waals surface area (Å²) in [4.78, 5) is 37.5. The van der Waals surface area contributed by atoms with Crippen LogP contribution in [0.2, 0.25) is 0 Å². The molecule has 1 fully saturated rings. The molecule has 7 heteroatoms. The highest BCUT2D eigenvalue weighted by Gasteiger charge is 2.31. The van der Waals surface area contributed by atoms with Crippen LogP contribution in [0, 0.1) is 0 Å². The van der Waals surface area contributed by atoms with Crippen molar-refractivity contribution in [3.8, 4) is 0 Å². The van der Waals surface area contributed by atoms with Gasteiger partial charge in [-0.05, 0) is 12.0 Å². The third kappa shape index (κ3) is 4.42. The fourth-order valence-corrected chi connectivity index (χ4v) is 3.30. The van der Waals surface area contributed by atoms with Gasteiger partial charge in [0.2, 0.25) is 11.9 Å². The van der Waals surface area contributed by atoms with Gasteiger partial charge in [-0.25, -0.2) is 9.97 Å². The molecule has 1 aromatic carbocycles. The lowest BCUT2D eigenvalue weighted by Crippen LogP contribution is -2.43. The maximum atomic E-state index is 12.9. The summed E-state index contributed by atoms with van der Waals surface area (Å²) < 4.78 is 0. The average Bonchev–Trinajstić information content (AvgIpc) is 2.87. The van der Waals surface area contributed by atoms with Crippen molar-refractivity contribution in [2.75, 3.05) is 25.5 Å². The predicted octanol–water partition coefficient (Wildman–Crippen LogP) is 2.17. The molecule has 1 N–H and O–H groups in total. The number of hydrogen-bond acceptors (Lipinski definition) is 5. The minimum atomic E-state index is -0.134. The summed E-state index contributed by atoms with van der Waals surface area (Å²) in [5.74, 6) is 0.423. The first kappa shape index (κ1) is 18.8. The van der Waals surface area contributed by atoms with Crippen LogP contribution in [0.1, 0.15) is 35.7 Å². The van der Waals surface area contributed by atoms with Crippen molar-refractivity contribution in [2.24, 2.45) is 0 Å². The average molecular weight is 367 g/mol. The number of amides is 2. The molecule has 3 rings (SSSR count). The zero-order valence-corrected chi connectivity index (χ0v) is 15.8. The van der Waals surface area contributed by atoms with Crippen LogP contribution in [0.25, 0.3) is 0 Å². The number of nitrogens with zero attached hydrogens (tertiary/aromatic N) is 4. The number of aromatic nitrogens is 2. The van der Waals surface area contributed by atoms with Gasteiger partial charge in [-0.3, -0.25) is 9.59 Å². The zero-order valence-electron chi connectivity index (χ0n) is 15.8. The maximum Gasteiger partial charge on any atom is 0.257 e. The van der Waals surface area contributed by atoms with Crippen LogP contribution in [0.5, 0.6) is 0 Å². The van der Waals surface area contributed by atoms with Crippen molar-refractivity contribution < 1.29 is 9.59 Å². The molecular formula is C20H25N5O2. The van der Waals surface area contributed by atoms with Gasteiger partial charge in [-0.2, -0.15) is 0 Å². The second kappa shape index (κ2) is 8.62. The van der Waals surface area contributed by atoms with Crippen molar-refractivity contribution >= 4 is 17.8 Å². The Morgan fingerprint density at radius 1 is 1.22 bits per heavy atom. The lowest BCUT2D eigenvalue weighted by molar-refractivity contribution is -0.133. The first-order valence-corrected chi connectivity index (χ1v) is 9.24. The van der Waals surface area contributed by atoms with Gasteiger partial charge in [-0.15, -0.1) is 0 Å². The molecule has 0 bridgehead atoms. The summed E-state index contributed by atoms with van der Waals surface area (Å²) in [5.41, 5.74) is 1.54. The van der Waals surface area contributed by atoms with Crippen LogP contribution in [0.4, 0.5) is 5.95 Å². The highest BCUT2D eigenvalue weighted by atomic mass is 16.2. The summed E-state index contributed by atoms with van der Waals surface area (Å²) in [7, 11) is 1.73. The molecule has 1 aromatic heterocycles. The number of anilines is 1. The molecule has 0 radical (unpaired) electrons. The van der Waals surface area contributed by atoms with E-state index in [-0.39, 0.29) is 17.9 Å². The highest BCUT2D eigenvalue weighted by Crippen LogP contribution is 2.19. The molecule has 7 nitrogen and oxygen atoms in total. The molecular weight excluding hydrogens is 342 g/mol. The second-order valence-corrected chi connectivity index (χ2v) is 6.62. The van der Waals surface area contributed by atoms with E-state index < -0.39 is 0 Å². The smallest absolute Gasteiger partial charge is 0.257 e. The zero-order chi connectivity index (χ0) is 19.2. The third-order valence-corrected chi connectivity index (χ3v) is 4.86. The number of benzene rings is 1. The number of carbonyl (C=O) groups excluding carboxylic acids is 2. The Hall–Kier alpha value is -2.96. The molecule has 0 unspecified atom stereocenters.